The van der Waals surface area contributed by atoms with Crippen molar-refractivity contribution in [3.63, 3.8) is 0 Å². The summed E-state index contributed by atoms with van der Waals surface area (Å²) in [6, 6.07) is 3.38. The molecule has 15 heavy (non-hydrogen) atoms. The molecule has 0 saturated heterocycles. The summed E-state index contributed by atoms with van der Waals surface area (Å²) >= 11 is 5.59. The van der Waals surface area contributed by atoms with Crippen molar-refractivity contribution in [2.75, 3.05) is 19.8 Å². The summed E-state index contributed by atoms with van der Waals surface area (Å²) in [4.78, 5) is 0. The first-order chi connectivity index (χ1) is 7.26. The van der Waals surface area contributed by atoms with Gasteiger partial charge in [0, 0.05) is 11.6 Å². The number of methoxy groups -OCH3 is 1. The highest BCUT2D eigenvalue weighted by atomic mass is 35.5. The van der Waals surface area contributed by atoms with Gasteiger partial charge in [-0.1, -0.05) is 0 Å². The Morgan fingerprint density at radius 3 is 2.73 bits per heavy atom. The summed E-state index contributed by atoms with van der Waals surface area (Å²) in [5.41, 5.74) is 0.608. The van der Waals surface area contributed by atoms with Crippen LogP contribution >= 0.6 is 11.6 Å². The van der Waals surface area contributed by atoms with E-state index in [0.717, 1.165) is 0 Å². The summed E-state index contributed by atoms with van der Waals surface area (Å²) in [5, 5.41) is 9.66. The Hall–Kier alpha value is -1.13. The molecule has 1 aromatic rings. The van der Waals surface area contributed by atoms with Gasteiger partial charge in [-0.2, -0.15) is 0 Å². The fourth-order valence-electron chi connectivity index (χ4n) is 1.46. The number of ether oxygens (including phenoxy) is 3. The summed E-state index contributed by atoms with van der Waals surface area (Å²) in [6.45, 7) is 0.193. The minimum Gasteiger partial charge on any atom is -0.496 e. The van der Waals surface area contributed by atoms with Gasteiger partial charge in [0.25, 0.3) is 0 Å². The van der Waals surface area contributed by atoms with E-state index in [4.69, 9.17) is 25.8 Å². The fraction of sp³-hybridized carbons (Fsp3) is 0.400. The van der Waals surface area contributed by atoms with E-state index >= 15 is 0 Å². The summed E-state index contributed by atoms with van der Waals surface area (Å²) in [5.74, 6) is 1.88. The molecule has 82 valence electrons. The molecule has 0 fully saturated rings. The van der Waals surface area contributed by atoms with E-state index in [-0.39, 0.29) is 12.7 Å². The number of halogens is 1. The van der Waals surface area contributed by atoms with Gasteiger partial charge < -0.3 is 19.3 Å². The van der Waals surface area contributed by atoms with Crippen LogP contribution in [0.2, 0.25) is 0 Å². The van der Waals surface area contributed by atoms with Crippen molar-refractivity contribution in [2.45, 2.75) is 6.10 Å². The molecule has 4 nitrogen and oxygen atoms in total. The van der Waals surface area contributed by atoms with Gasteiger partial charge in [0.1, 0.15) is 5.75 Å². The molecule has 1 aliphatic rings. The number of aliphatic hydroxyl groups is 1. The lowest BCUT2D eigenvalue weighted by molar-refractivity contribution is 0.173. The van der Waals surface area contributed by atoms with Gasteiger partial charge >= 0.3 is 0 Å². The van der Waals surface area contributed by atoms with Crippen LogP contribution in [0.3, 0.4) is 0 Å². The van der Waals surface area contributed by atoms with Crippen LogP contribution in [0.1, 0.15) is 11.7 Å². The molecule has 0 aromatic heterocycles. The standard InChI is InChI=1S/C10H11ClO4/c1-13-8-3-10-9(14-5-15-10)2-6(8)7(12)4-11/h2-3,7,12H,4-5H2,1H3. The van der Waals surface area contributed by atoms with Gasteiger partial charge in [-0.15, -0.1) is 11.6 Å². The van der Waals surface area contributed by atoms with Gasteiger partial charge in [-0.05, 0) is 6.07 Å². The Kier molecular flexibility index (Phi) is 2.88. The monoisotopic (exact) mass is 230 g/mol. The van der Waals surface area contributed by atoms with Crippen molar-refractivity contribution >= 4 is 11.6 Å². The number of aliphatic hydroxyl groups excluding tert-OH is 1. The highest BCUT2D eigenvalue weighted by Crippen LogP contribution is 2.40. The molecular weight excluding hydrogens is 220 g/mol. The zero-order chi connectivity index (χ0) is 10.8. The van der Waals surface area contributed by atoms with Crippen molar-refractivity contribution in [3.8, 4) is 17.2 Å². The second-order valence-corrected chi connectivity index (χ2v) is 3.43. The maximum absolute atomic E-state index is 9.66. The van der Waals surface area contributed by atoms with Crippen LogP contribution in [0.15, 0.2) is 12.1 Å². The quantitative estimate of drug-likeness (QED) is 0.803. The number of rotatable bonds is 3. The highest BCUT2D eigenvalue weighted by Gasteiger charge is 2.21. The average Bonchev–Trinajstić information content (AvgIpc) is 2.73. The molecule has 5 heteroatoms. The lowest BCUT2D eigenvalue weighted by atomic mass is 10.1. The first-order valence-corrected chi connectivity index (χ1v) is 5.01. The van der Waals surface area contributed by atoms with Crippen molar-refractivity contribution in [3.05, 3.63) is 17.7 Å². The molecule has 0 aliphatic carbocycles. The molecule has 0 radical (unpaired) electrons. The minimum absolute atomic E-state index is 0.107. The molecule has 1 aromatic carbocycles. The lowest BCUT2D eigenvalue weighted by Gasteiger charge is -2.13. The van der Waals surface area contributed by atoms with Gasteiger partial charge in [0.15, 0.2) is 11.5 Å². The molecule has 1 heterocycles. The minimum atomic E-state index is -0.767. The van der Waals surface area contributed by atoms with Gasteiger partial charge in [-0.25, -0.2) is 0 Å². The van der Waals surface area contributed by atoms with Crippen LogP contribution < -0.4 is 14.2 Å². The number of hydrogen-bond acceptors (Lipinski definition) is 4. The maximum atomic E-state index is 9.66. The van der Waals surface area contributed by atoms with E-state index in [1.165, 1.54) is 7.11 Å². The first kappa shape index (κ1) is 10.4. The molecule has 1 atom stereocenters. The lowest BCUT2D eigenvalue weighted by Crippen LogP contribution is -2.01. The van der Waals surface area contributed by atoms with E-state index in [2.05, 4.69) is 0 Å². The molecule has 1 unspecified atom stereocenters. The molecule has 0 bridgehead atoms. The third kappa shape index (κ3) is 1.82. The third-order valence-electron chi connectivity index (χ3n) is 2.23. The molecular formula is C10H11ClO4. The molecule has 0 saturated carbocycles. The smallest absolute Gasteiger partial charge is 0.231 e. The van der Waals surface area contributed by atoms with Gasteiger partial charge in [0.2, 0.25) is 6.79 Å². The van der Waals surface area contributed by atoms with E-state index in [1.54, 1.807) is 12.1 Å². The Labute approximate surface area is 92.3 Å². The van der Waals surface area contributed by atoms with Crippen molar-refractivity contribution in [1.29, 1.82) is 0 Å². The fourth-order valence-corrected chi connectivity index (χ4v) is 1.63. The first-order valence-electron chi connectivity index (χ1n) is 4.48. The Morgan fingerprint density at radius 2 is 2.13 bits per heavy atom. The van der Waals surface area contributed by atoms with E-state index in [1.807, 2.05) is 0 Å². The van der Waals surface area contributed by atoms with Crippen LogP contribution in [0.25, 0.3) is 0 Å². The number of hydrogen-bond donors (Lipinski definition) is 1. The molecule has 0 amide bonds. The summed E-state index contributed by atoms with van der Waals surface area (Å²) in [7, 11) is 1.53. The number of fused-ring (bicyclic) bond motifs is 1. The predicted molar refractivity (Wildman–Crippen MR) is 54.8 cm³/mol. The van der Waals surface area contributed by atoms with Crippen LogP contribution in [-0.4, -0.2) is 24.9 Å². The molecule has 1 N–H and O–H groups in total. The largest absolute Gasteiger partial charge is 0.496 e. The average molecular weight is 231 g/mol. The highest BCUT2D eigenvalue weighted by molar-refractivity contribution is 6.18. The van der Waals surface area contributed by atoms with Gasteiger partial charge in [-0.3, -0.25) is 0 Å². The number of alkyl halides is 1. The van der Waals surface area contributed by atoms with Crippen LogP contribution in [-0.2, 0) is 0 Å². The number of benzene rings is 1. The third-order valence-corrected chi connectivity index (χ3v) is 2.52. The van der Waals surface area contributed by atoms with Crippen molar-refractivity contribution < 1.29 is 19.3 Å². The molecule has 0 spiro atoms. The van der Waals surface area contributed by atoms with Crippen LogP contribution in [0, 0.1) is 0 Å². The Balaban J connectivity index is 2.44. The zero-order valence-electron chi connectivity index (χ0n) is 8.20. The maximum Gasteiger partial charge on any atom is 0.231 e. The topological polar surface area (TPSA) is 47.9 Å². The van der Waals surface area contributed by atoms with Crippen LogP contribution in [0.5, 0.6) is 17.2 Å². The van der Waals surface area contributed by atoms with Crippen LogP contribution in [0.4, 0.5) is 0 Å². The summed E-state index contributed by atoms with van der Waals surface area (Å²) < 4.78 is 15.5. The molecule has 1 aliphatic heterocycles. The van der Waals surface area contributed by atoms with E-state index < -0.39 is 6.10 Å². The van der Waals surface area contributed by atoms with Crippen molar-refractivity contribution in [2.24, 2.45) is 0 Å². The van der Waals surface area contributed by atoms with E-state index in [0.29, 0.717) is 22.8 Å². The zero-order valence-corrected chi connectivity index (χ0v) is 8.95. The van der Waals surface area contributed by atoms with Gasteiger partial charge in [0.05, 0.1) is 19.1 Å². The van der Waals surface area contributed by atoms with E-state index in [9.17, 15) is 5.11 Å². The molecule has 2 rings (SSSR count). The second-order valence-electron chi connectivity index (χ2n) is 3.12. The second kappa shape index (κ2) is 4.16. The van der Waals surface area contributed by atoms with Crippen molar-refractivity contribution in [1.82, 2.24) is 0 Å². The Bertz CT molecular complexity index is 367. The normalized spacial score (nSPS) is 15.1. The Morgan fingerprint density at radius 1 is 1.47 bits per heavy atom. The summed E-state index contributed by atoms with van der Waals surface area (Å²) in [6.07, 6.45) is -0.767. The predicted octanol–water partition coefficient (Wildman–Crippen LogP) is 1.70. The SMILES string of the molecule is COc1cc2c(cc1C(O)CCl)OCO2.